The fourth-order valence-corrected chi connectivity index (χ4v) is 2.04. The Labute approximate surface area is 134 Å². The minimum absolute atomic E-state index is 0.386. The van der Waals surface area contributed by atoms with Gasteiger partial charge in [-0.3, -0.25) is 14.5 Å². The first-order valence-corrected chi connectivity index (χ1v) is 7.40. The van der Waals surface area contributed by atoms with Crippen molar-refractivity contribution in [3.8, 4) is 0 Å². The number of carbonyl (C=O) groups is 4. The van der Waals surface area contributed by atoms with Crippen LogP contribution in [0, 0.1) is 0 Å². The molecule has 1 atom stereocenters. The van der Waals surface area contributed by atoms with E-state index in [1.807, 2.05) is 0 Å². The zero-order chi connectivity index (χ0) is 17.6. The molecule has 0 aromatic carbocycles. The molecule has 0 aliphatic carbocycles. The Balaban J connectivity index is 2.24. The molecule has 0 aromatic heterocycles. The van der Waals surface area contributed by atoms with Crippen LogP contribution in [0.25, 0.3) is 0 Å². The molecule has 1 saturated heterocycles. The number of carbonyl (C=O) groups excluding carboxylic acids is 3. The van der Waals surface area contributed by atoms with Gasteiger partial charge in [0.15, 0.2) is 0 Å². The number of unbranched alkanes of at least 4 members (excludes halogenated alkanes) is 1. The minimum Gasteiger partial charge on any atom is -0.480 e. The van der Waals surface area contributed by atoms with E-state index in [-0.39, 0.29) is 0 Å². The molecule has 1 heterocycles. The molecule has 0 radical (unpaired) electrons. The topological polar surface area (TPSA) is 125 Å². The van der Waals surface area contributed by atoms with E-state index in [1.165, 1.54) is 0 Å². The van der Waals surface area contributed by atoms with Crippen LogP contribution < -0.4 is 10.6 Å². The van der Waals surface area contributed by atoms with Gasteiger partial charge in [-0.15, -0.1) is 0 Å². The van der Waals surface area contributed by atoms with Crippen molar-refractivity contribution < 1.29 is 29.0 Å². The first kappa shape index (κ1) is 18.7. The second-order valence-corrected chi connectivity index (χ2v) is 6.24. The molecule has 9 nitrogen and oxygen atoms in total. The molecule has 23 heavy (non-hydrogen) atoms. The van der Waals surface area contributed by atoms with E-state index < -0.39 is 42.2 Å². The number of nitrogens with one attached hydrogen (secondary N) is 2. The van der Waals surface area contributed by atoms with Crippen LogP contribution in [-0.2, 0) is 14.3 Å². The molecule has 1 fully saturated rings. The fraction of sp³-hybridized carbons (Fsp3) is 0.714. The maximum Gasteiger partial charge on any atom is 0.407 e. The van der Waals surface area contributed by atoms with Crippen LogP contribution in [0.4, 0.5) is 9.59 Å². The lowest BCUT2D eigenvalue weighted by atomic mass is 10.1. The van der Waals surface area contributed by atoms with Crippen molar-refractivity contribution in [2.24, 2.45) is 0 Å². The van der Waals surface area contributed by atoms with E-state index in [0.29, 0.717) is 30.7 Å². The molecule has 4 amide bonds. The highest BCUT2D eigenvalue weighted by molar-refractivity contribution is 6.05. The van der Waals surface area contributed by atoms with Gasteiger partial charge in [0, 0.05) is 6.54 Å². The molecule has 1 rings (SSSR count). The maximum absolute atomic E-state index is 11.9. The lowest BCUT2D eigenvalue weighted by Crippen LogP contribution is -2.36. The van der Waals surface area contributed by atoms with Crippen molar-refractivity contribution in [1.29, 1.82) is 0 Å². The van der Waals surface area contributed by atoms with Crippen molar-refractivity contribution in [2.75, 3.05) is 13.1 Å². The Morgan fingerprint density at radius 1 is 1.30 bits per heavy atom. The fourth-order valence-electron chi connectivity index (χ4n) is 2.04. The van der Waals surface area contributed by atoms with Gasteiger partial charge in [0.2, 0.25) is 0 Å². The zero-order valence-electron chi connectivity index (χ0n) is 13.5. The van der Waals surface area contributed by atoms with Gasteiger partial charge in [0.1, 0.15) is 18.2 Å². The molecular formula is C14H23N3O6. The summed E-state index contributed by atoms with van der Waals surface area (Å²) < 4.78 is 5.08. The van der Waals surface area contributed by atoms with Crippen LogP contribution in [0.3, 0.4) is 0 Å². The molecule has 0 aromatic rings. The van der Waals surface area contributed by atoms with E-state index in [1.54, 1.807) is 20.8 Å². The van der Waals surface area contributed by atoms with Gasteiger partial charge in [0.25, 0.3) is 5.91 Å². The number of imide groups is 1. The van der Waals surface area contributed by atoms with Crippen LogP contribution in [0.5, 0.6) is 0 Å². The monoisotopic (exact) mass is 329 g/mol. The number of urea groups is 1. The lowest BCUT2D eigenvalue weighted by molar-refractivity contribution is -0.141. The Bertz CT molecular complexity index is 485. The Morgan fingerprint density at radius 3 is 2.52 bits per heavy atom. The number of hydrogen-bond acceptors (Lipinski definition) is 5. The molecule has 0 bridgehead atoms. The summed E-state index contributed by atoms with van der Waals surface area (Å²) >= 11 is 0. The van der Waals surface area contributed by atoms with E-state index in [4.69, 9.17) is 9.84 Å². The highest BCUT2D eigenvalue weighted by Gasteiger charge is 2.38. The van der Waals surface area contributed by atoms with Crippen LogP contribution in [0.15, 0.2) is 0 Å². The number of carboxylic acids is 1. The smallest absolute Gasteiger partial charge is 0.407 e. The maximum atomic E-state index is 11.9. The average molecular weight is 329 g/mol. The van der Waals surface area contributed by atoms with Gasteiger partial charge in [0.05, 0.1) is 0 Å². The third-order valence-electron chi connectivity index (χ3n) is 2.99. The quantitative estimate of drug-likeness (QED) is 0.466. The molecule has 130 valence electrons. The van der Waals surface area contributed by atoms with E-state index in [0.717, 1.165) is 0 Å². The van der Waals surface area contributed by atoms with Crippen LogP contribution in [0.2, 0.25) is 0 Å². The summed E-state index contributed by atoms with van der Waals surface area (Å²) in [4.78, 5) is 46.1. The molecule has 0 saturated carbocycles. The molecular weight excluding hydrogens is 306 g/mol. The number of alkyl carbamates (subject to hydrolysis) is 1. The molecule has 1 aliphatic heterocycles. The second-order valence-electron chi connectivity index (χ2n) is 6.24. The van der Waals surface area contributed by atoms with Gasteiger partial charge >= 0.3 is 18.1 Å². The Hall–Kier alpha value is -2.32. The highest BCUT2D eigenvalue weighted by atomic mass is 16.6. The van der Waals surface area contributed by atoms with E-state index in [2.05, 4.69) is 10.6 Å². The summed E-state index contributed by atoms with van der Waals surface area (Å²) in [5, 5.41) is 13.7. The third kappa shape index (κ3) is 6.54. The highest BCUT2D eigenvalue weighted by Crippen LogP contribution is 2.12. The SMILES string of the molecule is CC(C)(C)OC(=O)NCCCC[C@@H]1NC(=O)N(CC(=O)O)C1=O. The first-order chi connectivity index (χ1) is 10.6. The van der Waals surface area contributed by atoms with Crippen molar-refractivity contribution in [1.82, 2.24) is 15.5 Å². The van der Waals surface area contributed by atoms with Crippen LogP contribution >= 0.6 is 0 Å². The number of amides is 4. The lowest BCUT2D eigenvalue weighted by Gasteiger charge is -2.19. The number of nitrogens with zero attached hydrogens (tertiary/aromatic N) is 1. The van der Waals surface area contributed by atoms with E-state index in [9.17, 15) is 19.2 Å². The van der Waals surface area contributed by atoms with Crippen molar-refractivity contribution in [2.45, 2.75) is 51.7 Å². The Morgan fingerprint density at radius 2 is 1.96 bits per heavy atom. The summed E-state index contributed by atoms with van der Waals surface area (Å²) in [6.45, 7) is 5.06. The third-order valence-corrected chi connectivity index (χ3v) is 2.99. The molecule has 0 unspecified atom stereocenters. The zero-order valence-corrected chi connectivity index (χ0v) is 13.5. The normalized spacial score (nSPS) is 17.9. The summed E-state index contributed by atoms with van der Waals surface area (Å²) in [6.07, 6.45) is 1.08. The first-order valence-electron chi connectivity index (χ1n) is 7.40. The van der Waals surface area contributed by atoms with Gasteiger partial charge in [-0.05, 0) is 40.0 Å². The molecule has 3 N–H and O–H groups in total. The van der Waals surface area contributed by atoms with Gasteiger partial charge in [-0.2, -0.15) is 0 Å². The summed E-state index contributed by atoms with van der Waals surface area (Å²) in [7, 11) is 0. The Kier molecular flexibility index (Phi) is 6.35. The van der Waals surface area contributed by atoms with Crippen molar-refractivity contribution in [3.63, 3.8) is 0 Å². The van der Waals surface area contributed by atoms with Crippen LogP contribution in [-0.4, -0.2) is 58.7 Å². The van der Waals surface area contributed by atoms with E-state index >= 15 is 0 Å². The van der Waals surface area contributed by atoms with Gasteiger partial charge < -0.3 is 20.5 Å². The summed E-state index contributed by atoms with van der Waals surface area (Å²) in [5.41, 5.74) is -0.557. The number of rotatable bonds is 7. The number of carboxylic acid groups (broad SMARTS) is 1. The summed E-state index contributed by atoms with van der Waals surface area (Å²) in [5.74, 6) is -1.77. The molecule has 9 heteroatoms. The second kappa shape index (κ2) is 7.80. The largest absolute Gasteiger partial charge is 0.480 e. The minimum atomic E-state index is -1.24. The predicted octanol–water partition coefficient (Wildman–Crippen LogP) is 0.686. The van der Waals surface area contributed by atoms with Gasteiger partial charge in [-0.1, -0.05) is 0 Å². The molecule has 0 spiro atoms. The molecule has 1 aliphatic rings. The van der Waals surface area contributed by atoms with Crippen molar-refractivity contribution >= 4 is 24.0 Å². The predicted molar refractivity (Wildman–Crippen MR) is 79.8 cm³/mol. The number of aliphatic carboxylic acids is 1. The van der Waals surface area contributed by atoms with Crippen molar-refractivity contribution in [3.05, 3.63) is 0 Å². The van der Waals surface area contributed by atoms with Crippen LogP contribution in [0.1, 0.15) is 40.0 Å². The summed E-state index contributed by atoms with van der Waals surface area (Å²) in [6, 6.07) is -1.39. The number of ether oxygens (including phenoxy) is 1. The standard InChI is InChI=1S/C14H23N3O6/c1-14(2,3)23-13(22)15-7-5-4-6-9-11(20)17(8-10(18)19)12(21)16-9/h9H,4-8H2,1-3H3,(H,15,22)(H,16,21)(H,18,19)/t9-/m0/s1. The number of hydrogen-bond donors (Lipinski definition) is 3. The van der Waals surface area contributed by atoms with Gasteiger partial charge in [-0.25, -0.2) is 9.59 Å². The average Bonchev–Trinajstić information content (AvgIpc) is 2.63.